The molecule has 1 aliphatic rings. The first-order valence-corrected chi connectivity index (χ1v) is 7.54. The molecule has 6 heteroatoms. The van der Waals surface area contributed by atoms with E-state index in [2.05, 4.69) is 16.4 Å². The van der Waals surface area contributed by atoms with Crippen molar-refractivity contribution in [1.29, 1.82) is 5.26 Å². The number of rotatable bonds is 2. The van der Waals surface area contributed by atoms with Crippen molar-refractivity contribution in [2.24, 2.45) is 5.92 Å². The molecule has 0 saturated heterocycles. The summed E-state index contributed by atoms with van der Waals surface area (Å²) in [4.78, 5) is 16.9. The van der Waals surface area contributed by atoms with Crippen LogP contribution in [-0.2, 0) is 4.79 Å². The summed E-state index contributed by atoms with van der Waals surface area (Å²) in [5, 5.41) is 12.3. The zero-order valence-corrected chi connectivity index (χ0v) is 12.9. The van der Waals surface area contributed by atoms with Crippen LogP contribution in [0.1, 0.15) is 11.6 Å². The Morgan fingerprint density at radius 2 is 2.08 bits per heavy atom. The van der Waals surface area contributed by atoms with Gasteiger partial charge in [-0.2, -0.15) is 5.26 Å². The third kappa shape index (κ3) is 2.02. The van der Waals surface area contributed by atoms with Crippen LogP contribution in [0.5, 0.6) is 5.75 Å². The van der Waals surface area contributed by atoms with Gasteiger partial charge in [-0.1, -0.05) is 24.3 Å². The highest BCUT2D eigenvalue weighted by Crippen LogP contribution is 2.38. The summed E-state index contributed by atoms with van der Waals surface area (Å²) in [6.07, 6.45) is 0. The molecule has 0 bridgehead atoms. The Bertz CT molecular complexity index is 986. The van der Waals surface area contributed by atoms with Crippen molar-refractivity contribution in [3.05, 3.63) is 54.1 Å². The molecule has 2 atom stereocenters. The Labute approximate surface area is 138 Å². The Hall–Kier alpha value is -3.33. The average Bonchev–Trinajstić information content (AvgIpc) is 2.98. The van der Waals surface area contributed by atoms with Gasteiger partial charge in [0.2, 0.25) is 11.9 Å². The summed E-state index contributed by atoms with van der Waals surface area (Å²) in [7, 11) is 1.59. The lowest BCUT2D eigenvalue weighted by Gasteiger charge is -2.30. The first-order chi connectivity index (χ1) is 11.7. The number of nitrogens with one attached hydrogen (secondary N) is 1. The molecule has 0 fully saturated rings. The number of aromatic nitrogens is 2. The Kier molecular flexibility index (Phi) is 3.21. The van der Waals surface area contributed by atoms with Crippen molar-refractivity contribution in [2.75, 3.05) is 12.4 Å². The molecule has 4 rings (SSSR count). The number of imidazole rings is 1. The molecule has 118 valence electrons. The molecule has 3 aromatic rings. The molecule has 1 amide bonds. The van der Waals surface area contributed by atoms with Crippen molar-refractivity contribution >= 4 is 22.9 Å². The fraction of sp³-hybridized carbons (Fsp3) is 0.167. The van der Waals surface area contributed by atoms with E-state index < -0.39 is 12.0 Å². The molecule has 1 aromatic heterocycles. The predicted molar refractivity (Wildman–Crippen MR) is 88.6 cm³/mol. The molecule has 0 aliphatic carbocycles. The second-order valence-corrected chi connectivity index (χ2v) is 5.61. The minimum absolute atomic E-state index is 0.340. The van der Waals surface area contributed by atoms with Crippen LogP contribution in [0.3, 0.4) is 0 Å². The van der Waals surface area contributed by atoms with Gasteiger partial charge in [-0.15, -0.1) is 0 Å². The number of nitrogens with zero attached hydrogens (tertiary/aromatic N) is 3. The summed E-state index contributed by atoms with van der Waals surface area (Å²) in [6, 6.07) is 16.7. The minimum atomic E-state index is -0.845. The second-order valence-electron chi connectivity index (χ2n) is 5.61. The quantitative estimate of drug-likeness (QED) is 0.788. The molecule has 2 aromatic carbocycles. The summed E-state index contributed by atoms with van der Waals surface area (Å²) in [6.45, 7) is 0. The third-order valence-electron chi connectivity index (χ3n) is 4.28. The zero-order valence-electron chi connectivity index (χ0n) is 12.9. The fourth-order valence-corrected chi connectivity index (χ4v) is 3.19. The van der Waals surface area contributed by atoms with Gasteiger partial charge in [-0.25, -0.2) is 4.98 Å². The molecule has 0 saturated carbocycles. The van der Waals surface area contributed by atoms with E-state index in [1.54, 1.807) is 7.11 Å². The highest BCUT2D eigenvalue weighted by Gasteiger charge is 2.38. The van der Waals surface area contributed by atoms with E-state index in [0.717, 1.165) is 16.6 Å². The number of fused-ring (bicyclic) bond motifs is 3. The van der Waals surface area contributed by atoms with Crippen molar-refractivity contribution in [1.82, 2.24) is 9.55 Å². The maximum absolute atomic E-state index is 12.4. The lowest BCUT2D eigenvalue weighted by molar-refractivity contribution is -0.119. The summed E-state index contributed by atoms with van der Waals surface area (Å²) in [5.74, 6) is -0.0444. The SMILES string of the molecule is COc1cccc([C@@H]2[C@H](C#N)C(=O)Nc3nc4ccccc4n32)c1. The van der Waals surface area contributed by atoms with E-state index in [9.17, 15) is 10.1 Å². The lowest BCUT2D eigenvalue weighted by atomic mass is 9.91. The van der Waals surface area contributed by atoms with Crippen molar-refractivity contribution in [3.8, 4) is 11.8 Å². The number of para-hydroxylation sites is 2. The van der Waals surface area contributed by atoms with Crippen LogP contribution in [0.2, 0.25) is 0 Å². The molecule has 2 heterocycles. The van der Waals surface area contributed by atoms with E-state index in [1.807, 2.05) is 53.1 Å². The molecule has 24 heavy (non-hydrogen) atoms. The van der Waals surface area contributed by atoms with Crippen LogP contribution < -0.4 is 10.1 Å². The highest BCUT2D eigenvalue weighted by molar-refractivity contribution is 5.97. The number of carbonyl (C=O) groups is 1. The van der Waals surface area contributed by atoms with Crippen LogP contribution in [-0.4, -0.2) is 22.6 Å². The van der Waals surface area contributed by atoms with E-state index in [1.165, 1.54) is 0 Å². The van der Waals surface area contributed by atoms with Gasteiger partial charge in [0.1, 0.15) is 5.75 Å². The van der Waals surface area contributed by atoms with E-state index in [0.29, 0.717) is 11.7 Å². The number of methoxy groups -OCH3 is 1. The van der Waals surface area contributed by atoms with E-state index >= 15 is 0 Å². The molecule has 0 spiro atoms. The summed E-state index contributed by atoms with van der Waals surface area (Å²) >= 11 is 0. The maximum atomic E-state index is 12.4. The molecule has 0 unspecified atom stereocenters. The molecular formula is C18H14N4O2. The highest BCUT2D eigenvalue weighted by atomic mass is 16.5. The normalized spacial score (nSPS) is 19.4. The Morgan fingerprint density at radius 3 is 2.88 bits per heavy atom. The number of hydrogen-bond acceptors (Lipinski definition) is 4. The first kappa shape index (κ1) is 14.3. The van der Waals surface area contributed by atoms with Crippen LogP contribution in [0.15, 0.2) is 48.5 Å². The molecule has 1 N–H and O–H groups in total. The van der Waals surface area contributed by atoms with Gasteiger partial charge in [0.25, 0.3) is 0 Å². The predicted octanol–water partition coefficient (Wildman–Crippen LogP) is 2.73. The van der Waals surface area contributed by atoms with Crippen LogP contribution in [0, 0.1) is 17.2 Å². The van der Waals surface area contributed by atoms with Gasteiger partial charge in [0.05, 0.1) is 30.3 Å². The van der Waals surface area contributed by atoms with Crippen molar-refractivity contribution < 1.29 is 9.53 Å². The van der Waals surface area contributed by atoms with E-state index in [-0.39, 0.29) is 5.91 Å². The fourth-order valence-electron chi connectivity index (χ4n) is 3.19. The summed E-state index contributed by atoms with van der Waals surface area (Å²) < 4.78 is 7.21. The molecule has 1 aliphatic heterocycles. The van der Waals surface area contributed by atoms with Crippen molar-refractivity contribution in [3.63, 3.8) is 0 Å². The largest absolute Gasteiger partial charge is 0.497 e. The maximum Gasteiger partial charge on any atom is 0.246 e. The number of anilines is 1. The monoisotopic (exact) mass is 318 g/mol. The molecule has 6 nitrogen and oxygen atoms in total. The first-order valence-electron chi connectivity index (χ1n) is 7.54. The number of nitriles is 1. The van der Waals surface area contributed by atoms with Gasteiger partial charge in [-0.3, -0.25) is 10.1 Å². The minimum Gasteiger partial charge on any atom is -0.497 e. The number of amides is 1. The average molecular weight is 318 g/mol. The van der Waals surface area contributed by atoms with Crippen LogP contribution in [0.4, 0.5) is 5.95 Å². The van der Waals surface area contributed by atoms with Gasteiger partial charge >= 0.3 is 0 Å². The summed E-state index contributed by atoms with van der Waals surface area (Å²) in [5.41, 5.74) is 2.49. The molecular weight excluding hydrogens is 304 g/mol. The van der Waals surface area contributed by atoms with E-state index in [4.69, 9.17) is 4.74 Å². The number of benzene rings is 2. The van der Waals surface area contributed by atoms with Crippen LogP contribution in [0.25, 0.3) is 11.0 Å². The molecule has 0 radical (unpaired) electrons. The number of hydrogen-bond donors (Lipinski definition) is 1. The number of carbonyl (C=O) groups excluding carboxylic acids is 1. The van der Waals surface area contributed by atoms with Gasteiger partial charge in [-0.05, 0) is 29.8 Å². The Morgan fingerprint density at radius 1 is 1.25 bits per heavy atom. The standard InChI is InChI=1S/C18H14N4O2/c1-24-12-6-4-5-11(9-12)16-13(10-19)17(23)21-18-20-14-7-2-3-8-15(14)22(16)18/h2-9,13,16H,1H3,(H,20,21,23)/t13-,16+/m0/s1. The van der Waals surface area contributed by atoms with Crippen molar-refractivity contribution in [2.45, 2.75) is 6.04 Å². The topological polar surface area (TPSA) is 79.9 Å². The Balaban J connectivity index is 1.99. The third-order valence-corrected chi connectivity index (χ3v) is 4.28. The van der Waals surface area contributed by atoms with Gasteiger partial charge in [0, 0.05) is 0 Å². The lowest BCUT2D eigenvalue weighted by Crippen LogP contribution is -2.37. The number of ether oxygens (including phenoxy) is 1. The van der Waals surface area contributed by atoms with Crippen LogP contribution >= 0.6 is 0 Å². The second kappa shape index (κ2) is 5.39. The van der Waals surface area contributed by atoms with Gasteiger partial charge < -0.3 is 9.30 Å². The smallest absolute Gasteiger partial charge is 0.246 e. The van der Waals surface area contributed by atoms with Gasteiger partial charge in [0.15, 0.2) is 5.92 Å². The zero-order chi connectivity index (χ0) is 16.7.